The number of rotatable bonds is 5. The Labute approximate surface area is 146 Å². The Bertz CT molecular complexity index is 682. The zero-order valence-electron chi connectivity index (χ0n) is 13.7. The molecule has 1 fully saturated rings. The number of aromatic nitrogens is 2. The molecule has 1 aliphatic rings. The van der Waals surface area contributed by atoms with Gasteiger partial charge in [-0.2, -0.15) is 0 Å². The van der Waals surface area contributed by atoms with E-state index in [1.165, 1.54) is 0 Å². The highest BCUT2D eigenvalue weighted by atomic mass is 35.5. The normalized spacial score (nSPS) is 15.5. The van der Waals surface area contributed by atoms with Gasteiger partial charge in [0, 0.05) is 55.7 Å². The summed E-state index contributed by atoms with van der Waals surface area (Å²) in [6.07, 6.45) is 5.16. The van der Waals surface area contributed by atoms with Crippen molar-refractivity contribution in [3.8, 4) is 5.75 Å². The van der Waals surface area contributed by atoms with E-state index in [9.17, 15) is 4.79 Å². The van der Waals surface area contributed by atoms with Crippen molar-refractivity contribution in [1.82, 2.24) is 19.4 Å². The number of hydrogen-bond donors (Lipinski definition) is 0. The summed E-state index contributed by atoms with van der Waals surface area (Å²) in [5, 5.41) is 0.708. The van der Waals surface area contributed by atoms with Crippen molar-refractivity contribution in [1.29, 1.82) is 0 Å². The molecule has 128 valence electrons. The highest BCUT2D eigenvalue weighted by Crippen LogP contribution is 2.24. The lowest BCUT2D eigenvalue weighted by Crippen LogP contribution is -2.49. The molecule has 1 aromatic carbocycles. The van der Waals surface area contributed by atoms with Gasteiger partial charge in [-0.3, -0.25) is 9.69 Å². The van der Waals surface area contributed by atoms with E-state index in [1.54, 1.807) is 30.4 Å². The summed E-state index contributed by atoms with van der Waals surface area (Å²) in [4.78, 5) is 20.5. The number of imidazole rings is 1. The molecule has 0 aliphatic carbocycles. The lowest BCUT2D eigenvalue weighted by atomic mass is 10.1. The van der Waals surface area contributed by atoms with E-state index >= 15 is 0 Å². The standard InChI is InChI=1S/C17H21ClN4O2/c1-24-16-3-2-15(18)10-14(16)11-20-6-8-22(9-7-20)17(23)12-21-5-4-19-13-21/h2-5,10,13H,6-9,11-12H2,1H3. The van der Waals surface area contributed by atoms with E-state index in [1.807, 2.05) is 23.1 Å². The highest BCUT2D eigenvalue weighted by molar-refractivity contribution is 6.30. The molecule has 6 nitrogen and oxygen atoms in total. The van der Waals surface area contributed by atoms with Crippen molar-refractivity contribution >= 4 is 17.5 Å². The Morgan fingerprint density at radius 2 is 2.08 bits per heavy atom. The quantitative estimate of drug-likeness (QED) is 0.828. The van der Waals surface area contributed by atoms with Crippen LogP contribution in [-0.2, 0) is 17.9 Å². The van der Waals surface area contributed by atoms with Crippen LogP contribution in [0.2, 0.25) is 5.02 Å². The number of amides is 1. The minimum Gasteiger partial charge on any atom is -0.496 e. The number of carbonyl (C=O) groups excluding carboxylic acids is 1. The summed E-state index contributed by atoms with van der Waals surface area (Å²) in [6, 6.07) is 5.66. The first-order valence-electron chi connectivity index (χ1n) is 7.94. The molecule has 1 amide bonds. The smallest absolute Gasteiger partial charge is 0.242 e. The maximum Gasteiger partial charge on any atom is 0.242 e. The van der Waals surface area contributed by atoms with Crippen molar-refractivity contribution in [3.63, 3.8) is 0 Å². The van der Waals surface area contributed by atoms with Crippen molar-refractivity contribution < 1.29 is 9.53 Å². The number of piperazine rings is 1. The van der Waals surface area contributed by atoms with E-state index in [-0.39, 0.29) is 5.91 Å². The molecule has 7 heteroatoms. The Balaban J connectivity index is 1.54. The lowest BCUT2D eigenvalue weighted by molar-refractivity contribution is -0.133. The predicted octanol–water partition coefficient (Wildman–Crippen LogP) is 1.89. The van der Waals surface area contributed by atoms with Gasteiger partial charge < -0.3 is 14.2 Å². The van der Waals surface area contributed by atoms with Crippen LogP contribution in [-0.4, -0.2) is 58.5 Å². The van der Waals surface area contributed by atoms with Gasteiger partial charge in [-0.15, -0.1) is 0 Å². The summed E-state index contributed by atoms with van der Waals surface area (Å²) in [5.41, 5.74) is 1.07. The summed E-state index contributed by atoms with van der Waals surface area (Å²) in [6.45, 7) is 4.26. The average molecular weight is 349 g/mol. The van der Waals surface area contributed by atoms with Crippen molar-refractivity contribution in [2.75, 3.05) is 33.3 Å². The first-order chi connectivity index (χ1) is 11.7. The minimum atomic E-state index is 0.132. The first-order valence-corrected chi connectivity index (χ1v) is 8.32. The van der Waals surface area contributed by atoms with Gasteiger partial charge in [0.1, 0.15) is 12.3 Å². The molecule has 0 N–H and O–H groups in total. The zero-order valence-corrected chi connectivity index (χ0v) is 14.4. The van der Waals surface area contributed by atoms with Crippen LogP contribution in [0.5, 0.6) is 5.75 Å². The molecule has 0 atom stereocenters. The number of halogens is 1. The molecule has 0 bridgehead atoms. The maximum atomic E-state index is 12.3. The number of hydrogen-bond acceptors (Lipinski definition) is 4. The van der Waals surface area contributed by atoms with Gasteiger partial charge in [-0.1, -0.05) is 11.6 Å². The van der Waals surface area contributed by atoms with Gasteiger partial charge in [-0.25, -0.2) is 4.98 Å². The molecule has 1 aliphatic heterocycles. The number of ether oxygens (including phenoxy) is 1. The van der Waals surface area contributed by atoms with Gasteiger partial charge in [0.15, 0.2) is 0 Å². The van der Waals surface area contributed by atoms with Crippen LogP contribution in [0.15, 0.2) is 36.9 Å². The third kappa shape index (κ3) is 4.07. The monoisotopic (exact) mass is 348 g/mol. The number of methoxy groups -OCH3 is 1. The highest BCUT2D eigenvalue weighted by Gasteiger charge is 2.22. The summed E-state index contributed by atoms with van der Waals surface area (Å²) < 4.78 is 7.20. The van der Waals surface area contributed by atoms with E-state index in [0.29, 0.717) is 11.6 Å². The van der Waals surface area contributed by atoms with Crippen LogP contribution in [0.3, 0.4) is 0 Å². The second-order valence-corrected chi connectivity index (χ2v) is 6.28. The van der Waals surface area contributed by atoms with Gasteiger partial charge in [0.2, 0.25) is 5.91 Å². The van der Waals surface area contributed by atoms with Crippen molar-refractivity contribution in [2.24, 2.45) is 0 Å². The van der Waals surface area contributed by atoms with E-state index < -0.39 is 0 Å². The van der Waals surface area contributed by atoms with Crippen LogP contribution >= 0.6 is 11.6 Å². The average Bonchev–Trinajstić information content (AvgIpc) is 3.09. The molecule has 0 spiro atoms. The largest absolute Gasteiger partial charge is 0.496 e. The van der Waals surface area contributed by atoms with Crippen LogP contribution in [0.4, 0.5) is 0 Å². The third-order valence-electron chi connectivity index (χ3n) is 4.24. The molecule has 0 saturated carbocycles. The number of benzene rings is 1. The fraction of sp³-hybridized carbons (Fsp3) is 0.412. The molecule has 2 heterocycles. The van der Waals surface area contributed by atoms with E-state index in [0.717, 1.165) is 44.0 Å². The van der Waals surface area contributed by atoms with Crippen molar-refractivity contribution in [3.05, 3.63) is 47.5 Å². The SMILES string of the molecule is COc1ccc(Cl)cc1CN1CCN(C(=O)Cn2ccnc2)CC1. The summed E-state index contributed by atoms with van der Waals surface area (Å²) in [5.74, 6) is 0.978. The van der Waals surface area contributed by atoms with Crippen LogP contribution in [0.25, 0.3) is 0 Å². The van der Waals surface area contributed by atoms with Crippen LogP contribution in [0, 0.1) is 0 Å². The molecular formula is C17H21ClN4O2. The molecule has 0 radical (unpaired) electrons. The van der Waals surface area contributed by atoms with Crippen LogP contribution < -0.4 is 4.74 Å². The fourth-order valence-corrected chi connectivity index (χ4v) is 3.10. The van der Waals surface area contributed by atoms with Gasteiger partial charge in [0.05, 0.1) is 13.4 Å². The Morgan fingerprint density at radius 3 is 2.75 bits per heavy atom. The number of carbonyl (C=O) groups is 1. The zero-order chi connectivity index (χ0) is 16.9. The molecular weight excluding hydrogens is 328 g/mol. The minimum absolute atomic E-state index is 0.132. The van der Waals surface area contributed by atoms with Crippen LogP contribution in [0.1, 0.15) is 5.56 Å². The second kappa shape index (κ2) is 7.68. The summed E-state index contributed by atoms with van der Waals surface area (Å²) >= 11 is 6.09. The second-order valence-electron chi connectivity index (χ2n) is 5.85. The Kier molecular flexibility index (Phi) is 5.37. The van der Waals surface area contributed by atoms with E-state index in [2.05, 4.69) is 9.88 Å². The molecule has 1 aromatic heterocycles. The van der Waals surface area contributed by atoms with Crippen molar-refractivity contribution in [2.45, 2.75) is 13.1 Å². The van der Waals surface area contributed by atoms with Gasteiger partial charge in [-0.05, 0) is 18.2 Å². The molecule has 0 unspecified atom stereocenters. The molecule has 1 saturated heterocycles. The van der Waals surface area contributed by atoms with E-state index in [4.69, 9.17) is 16.3 Å². The number of nitrogens with zero attached hydrogens (tertiary/aromatic N) is 4. The van der Waals surface area contributed by atoms with Gasteiger partial charge in [0.25, 0.3) is 0 Å². The maximum absolute atomic E-state index is 12.3. The Morgan fingerprint density at radius 1 is 1.29 bits per heavy atom. The predicted molar refractivity (Wildman–Crippen MR) is 92.1 cm³/mol. The molecule has 2 aromatic rings. The van der Waals surface area contributed by atoms with Gasteiger partial charge >= 0.3 is 0 Å². The Hall–Kier alpha value is -2.05. The lowest BCUT2D eigenvalue weighted by Gasteiger charge is -2.35. The summed E-state index contributed by atoms with van der Waals surface area (Å²) in [7, 11) is 1.67. The third-order valence-corrected chi connectivity index (χ3v) is 4.47. The molecule has 24 heavy (non-hydrogen) atoms. The topological polar surface area (TPSA) is 50.6 Å². The molecule has 3 rings (SSSR count). The fourth-order valence-electron chi connectivity index (χ4n) is 2.90. The first kappa shape index (κ1) is 16.8.